The van der Waals surface area contributed by atoms with Gasteiger partial charge in [-0.05, 0) is 0 Å². The van der Waals surface area contributed by atoms with Crippen LogP contribution in [0.25, 0.3) is 0 Å². The Labute approximate surface area is 206 Å². The Kier molecular flexibility index (Phi) is 11.4. The van der Waals surface area contributed by atoms with Crippen molar-refractivity contribution in [3.8, 4) is 0 Å². The Hall–Kier alpha value is -0.350. The fourth-order valence-electron chi connectivity index (χ4n) is 4.18. The maximum absolute atomic E-state index is 10.8. The second-order valence-electron chi connectivity index (χ2n) is 8.59. The van der Waals surface area contributed by atoms with Crippen molar-refractivity contribution in [3.63, 3.8) is 0 Å². The number of hydrogen-bond acceptors (Lipinski definition) is 16. The molecule has 2 unspecified atom stereocenters. The molecule has 3 rings (SSSR count). The Bertz CT molecular complexity index is 653. The van der Waals surface area contributed by atoms with Gasteiger partial charge in [-0.1, -0.05) is 0 Å². The number of nitrogens with two attached hydrogens (primary N) is 3. The van der Waals surface area contributed by atoms with Crippen LogP contribution in [-0.2, 0) is 23.7 Å². The number of aliphatic hydroxyl groups excluding tert-OH is 8. The molecule has 208 valence electrons. The molecule has 14 N–H and O–H groups in total. The number of hydrogen-bond donors (Lipinski definition) is 11. The van der Waals surface area contributed by atoms with Crippen molar-refractivity contribution >= 4 is 12.4 Å². The van der Waals surface area contributed by atoms with E-state index in [1.165, 1.54) is 0 Å². The molecule has 3 heterocycles. The maximum Gasteiger partial charge on any atom is 0.176 e. The second-order valence-corrected chi connectivity index (χ2v) is 8.59. The van der Waals surface area contributed by atoms with Crippen molar-refractivity contribution in [2.24, 2.45) is 17.2 Å². The lowest BCUT2D eigenvalue weighted by molar-refractivity contribution is -0.348. The molecule has 0 spiro atoms. The van der Waals surface area contributed by atoms with E-state index in [0.29, 0.717) is 0 Å². The summed E-state index contributed by atoms with van der Waals surface area (Å²) < 4.78 is 27.4. The lowest BCUT2D eigenvalue weighted by Gasteiger charge is -2.48. The van der Waals surface area contributed by atoms with E-state index >= 15 is 0 Å². The van der Waals surface area contributed by atoms with Gasteiger partial charge in [0.1, 0.15) is 54.9 Å². The number of halogens is 1. The monoisotopic (exact) mass is 537 g/mol. The van der Waals surface area contributed by atoms with Crippen LogP contribution in [-0.4, -0.2) is 153 Å². The van der Waals surface area contributed by atoms with Gasteiger partial charge in [0, 0.05) is 0 Å². The van der Waals surface area contributed by atoms with Gasteiger partial charge in [-0.25, -0.2) is 0 Å². The molecule has 16 nitrogen and oxygen atoms in total. The average Bonchev–Trinajstić information content (AvgIpc) is 2.83. The van der Waals surface area contributed by atoms with Crippen LogP contribution < -0.4 is 17.2 Å². The topological polar surface area (TPSA) is 286 Å². The quantitative estimate of drug-likeness (QED) is 0.144. The summed E-state index contributed by atoms with van der Waals surface area (Å²) in [6.45, 7) is -2.00. The first kappa shape index (κ1) is 30.9. The minimum absolute atomic E-state index is 0. The zero-order valence-corrected chi connectivity index (χ0v) is 19.4. The molecule has 0 saturated carbocycles. The van der Waals surface area contributed by atoms with Crippen molar-refractivity contribution in [2.75, 3.05) is 19.8 Å². The van der Waals surface area contributed by atoms with Gasteiger partial charge in [0.25, 0.3) is 0 Å². The third-order valence-corrected chi connectivity index (χ3v) is 6.33. The first-order chi connectivity index (χ1) is 16.0. The lowest BCUT2D eigenvalue weighted by Crippen LogP contribution is -2.69. The highest BCUT2D eigenvalue weighted by Crippen LogP contribution is 2.30. The van der Waals surface area contributed by atoms with Crippen molar-refractivity contribution in [2.45, 2.75) is 91.9 Å². The smallest absolute Gasteiger partial charge is 0.176 e. The van der Waals surface area contributed by atoms with Crippen LogP contribution in [0, 0.1) is 0 Å². The van der Waals surface area contributed by atoms with E-state index < -0.39 is 112 Å². The van der Waals surface area contributed by atoms with Crippen molar-refractivity contribution in [1.82, 2.24) is 0 Å². The zero-order valence-electron chi connectivity index (χ0n) is 18.5. The number of aliphatic hydroxyl groups is 8. The predicted molar refractivity (Wildman–Crippen MR) is 114 cm³/mol. The standard InChI is InChI=1S/C18H35N3O13.ClH/c19-7-12(27)14(5(2-23)30-16(7)29)33-18-9(21)13(28)15(6(3-24)32-18)34-17-8(20)11(26)10(25)4(1-22)31-17;/h4-18,22-29H,1-3,19-21H2;1H/t4-,5-,6-,7-,8-,9-,10-,11-,12-,13-,14?,15?,16-,17+,18+;/m1./s1. The van der Waals surface area contributed by atoms with Gasteiger partial charge in [0.15, 0.2) is 18.9 Å². The summed E-state index contributed by atoms with van der Waals surface area (Å²) in [5, 5.41) is 79.6. The molecular weight excluding hydrogens is 502 g/mol. The highest BCUT2D eigenvalue weighted by atomic mass is 35.5. The molecule has 17 heteroatoms. The summed E-state index contributed by atoms with van der Waals surface area (Å²) in [6, 6.07) is -3.87. The van der Waals surface area contributed by atoms with Crippen LogP contribution in [0.3, 0.4) is 0 Å². The summed E-state index contributed by atoms with van der Waals surface area (Å²) >= 11 is 0. The normalized spacial score (nSPS) is 51.0. The van der Waals surface area contributed by atoms with Crippen LogP contribution >= 0.6 is 12.4 Å². The van der Waals surface area contributed by atoms with Gasteiger partial charge in [-0.3, -0.25) is 0 Å². The van der Waals surface area contributed by atoms with Gasteiger partial charge in [0.05, 0.1) is 37.9 Å². The highest BCUT2D eigenvalue weighted by Gasteiger charge is 2.52. The minimum atomic E-state index is -1.56. The van der Waals surface area contributed by atoms with E-state index in [0.717, 1.165) is 0 Å². The first-order valence-corrected chi connectivity index (χ1v) is 10.8. The summed E-state index contributed by atoms with van der Waals surface area (Å²) in [5.41, 5.74) is 17.6. The molecule has 0 aromatic rings. The van der Waals surface area contributed by atoms with Crippen molar-refractivity contribution in [1.29, 1.82) is 0 Å². The van der Waals surface area contributed by atoms with Gasteiger partial charge >= 0.3 is 0 Å². The molecular formula is C18H36ClN3O13. The summed E-state index contributed by atoms with van der Waals surface area (Å²) in [7, 11) is 0. The van der Waals surface area contributed by atoms with Crippen LogP contribution in [0.4, 0.5) is 0 Å². The van der Waals surface area contributed by atoms with Gasteiger partial charge in [0.2, 0.25) is 0 Å². The molecule has 3 aliphatic rings. The third kappa shape index (κ3) is 6.21. The molecule has 0 amide bonds. The summed E-state index contributed by atoms with van der Waals surface area (Å²) in [6.07, 6.45) is -16.8. The molecule has 0 bridgehead atoms. The lowest BCUT2D eigenvalue weighted by atomic mass is 9.94. The highest BCUT2D eigenvalue weighted by molar-refractivity contribution is 5.85. The fraction of sp³-hybridized carbons (Fsp3) is 1.00. The average molecular weight is 538 g/mol. The largest absolute Gasteiger partial charge is 0.394 e. The van der Waals surface area contributed by atoms with Gasteiger partial charge < -0.3 is 81.7 Å². The van der Waals surface area contributed by atoms with Crippen LogP contribution in [0.2, 0.25) is 0 Å². The van der Waals surface area contributed by atoms with E-state index in [9.17, 15) is 40.9 Å². The fourth-order valence-corrected chi connectivity index (χ4v) is 4.18. The molecule has 3 aliphatic heterocycles. The van der Waals surface area contributed by atoms with E-state index in [1.807, 2.05) is 0 Å². The van der Waals surface area contributed by atoms with E-state index in [1.54, 1.807) is 0 Å². The summed E-state index contributed by atoms with van der Waals surface area (Å²) in [4.78, 5) is 0. The summed E-state index contributed by atoms with van der Waals surface area (Å²) in [5.74, 6) is 0. The van der Waals surface area contributed by atoms with Crippen LogP contribution in [0.1, 0.15) is 0 Å². The molecule has 0 radical (unpaired) electrons. The zero-order chi connectivity index (χ0) is 25.3. The molecule has 3 fully saturated rings. The predicted octanol–water partition coefficient (Wildman–Crippen LogP) is -7.25. The SMILES string of the molecule is Cl.N[C@H]1[C@H](OC2[C@@H](CO)O[C@@H](OC3[C@@H](CO)O[C@@H](O)[C@H](N)[C@H]3O)[C@H](N)[C@H]2O)O[C@H](CO)[C@@H](O)[C@@H]1O. The van der Waals surface area contributed by atoms with Gasteiger partial charge in [-0.15, -0.1) is 12.4 Å². The second kappa shape index (κ2) is 12.9. The van der Waals surface area contributed by atoms with Gasteiger partial charge in [-0.2, -0.15) is 0 Å². The molecule has 35 heavy (non-hydrogen) atoms. The molecule has 0 aliphatic carbocycles. The number of rotatable bonds is 7. The van der Waals surface area contributed by atoms with Crippen molar-refractivity contribution < 1.29 is 64.5 Å². The Morgan fingerprint density at radius 2 is 0.943 bits per heavy atom. The molecule has 15 atom stereocenters. The van der Waals surface area contributed by atoms with Crippen LogP contribution in [0.15, 0.2) is 0 Å². The Morgan fingerprint density at radius 3 is 1.43 bits per heavy atom. The first-order valence-electron chi connectivity index (χ1n) is 10.8. The van der Waals surface area contributed by atoms with E-state index in [-0.39, 0.29) is 12.4 Å². The van der Waals surface area contributed by atoms with Crippen LogP contribution in [0.5, 0.6) is 0 Å². The third-order valence-electron chi connectivity index (χ3n) is 6.33. The van der Waals surface area contributed by atoms with E-state index in [4.69, 9.17) is 40.9 Å². The van der Waals surface area contributed by atoms with Crippen molar-refractivity contribution in [3.05, 3.63) is 0 Å². The number of ether oxygens (including phenoxy) is 5. The molecule has 0 aromatic carbocycles. The maximum atomic E-state index is 10.8. The molecule has 0 aromatic heterocycles. The Balaban J connectivity index is 0.00000432. The van der Waals surface area contributed by atoms with E-state index in [2.05, 4.69) is 0 Å². The minimum Gasteiger partial charge on any atom is -0.394 e. The Morgan fingerprint density at radius 1 is 0.543 bits per heavy atom. The molecule has 3 saturated heterocycles.